The predicted molar refractivity (Wildman–Crippen MR) is 111 cm³/mol. The van der Waals surface area contributed by atoms with Crippen LogP contribution in [0.15, 0.2) is 79.3 Å². The summed E-state index contributed by atoms with van der Waals surface area (Å²) in [5.74, 6) is -0.804. The Morgan fingerprint density at radius 3 is 2.55 bits per heavy atom. The van der Waals surface area contributed by atoms with Crippen LogP contribution in [-0.2, 0) is 5.60 Å². The zero-order valence-corrected chi connectivity index (χ0v) is 16.3. The van der Waals surface area contributed by atoms with E-state index < -0.39 is 17.5 Å². The first-order valence-corrected chi connectivity index (χ1v) is 9.80. The van der Waals surface area contributed by atoms with Crippen molar-refractivity contribution in [2.75, 3.05) is 0 Å². The maximum atomic E-state index is 14.7. The van der Waals surface area contributed by atoms with Crippen LogP contribution in [0.25, 0.3) is 11.1 Å². The molecular formula is C25H17F2N3O. The summed E-state index contributed by atoms with van der Waals surface area (Å²) in [7, 11) is 0. The summed E-state index contributed by atoms with van der Waals surface area (Å²) < 4.78 is 30.0. The van der Waals surface area contributed by atoms with Gasteiger partial charge in [0.05, 0.1) is 35.9 Å². The molecule has 2 atom stereocenters. The molecule has 0 saturated carbocycles. The summed E-state index contributed by atoms with van der Waals surface area (Å²) in [6.45, 7) is 0. The highest BCUT2D eigenvalue weighted by Gasteiger charge is 2.45. The Labute approximate surface area is 177 Å². The molecule has 4 nitrogen and oxygen atoms in total. The van der Waals surface area contributed by atoms with E-state index in [0.717, 1.165) is 11.1 Å². The molecule has 0 spiro atoms. The van der Waals surface area contributed by atoms with Gasteiger partial charge in [0.15, 0.2) is 0 Å². The van der Waals surface area contributed by atoms with Crippen molar-refractivity contribution >= 4 is 0 Å². The van der Waals surface area contributed by atoms with Crippen molar-refractivity contribution in [1.29, 1.82) is 5.26 Å². The number of halogens is 2. The highest BCUT2D eigenvalue weighted by atomic mass is 19.1. The Morgan fingerprint density at radius 2 is 1.84 bits per heavy atom. The van der Waals surface area contributed by atoms with Crippen LogP contribution >= 0.6 is 0 Å². The standard InChI is InChI=1S/C25H17F2N3O/c26-20-3-1-2-18(11-20)17-5-7-19(8-6-17)25(31)12-23(30-15-29-14-24(25)30)21-9-4-16(13-28)10-22(21)27/h1-11,14-15,23,31H,12H2/t23-,25+/m1/s1. The molecule has 2 heterocycles. The fraction of sp³-hybridized carbons (Fsp3) is 0.120. The van der Waals surface area contributed by atoms with E-state index in [4.69, 9.17) is 5.26 Å². The summed E-state index contributed by atoms with van der Waals surface area (Å²) in [4.78, 5) is 4.17. The number of nitrogens with zero attached hydrogens (tertiary/aromatic N) is 3. The molecule has 1 N–H and O–H groups in total. The number of nitriles is 1. The van der Waals surface area contributed by atoms with Crippen molar-refractivity contribution < 1.29 is 13.9 Å². The number of rotatable bonds is 3. The van der Waals surface area contributed by atoms with E-state index in [1.807, 2.05) is 24.3 Å². The molecule has 1 aliphatic heterocycles. The van der Waals surface area contributed by atoms with Crippen LogP contribution in [0.1, 0.15) is 34.8 Å². The third kappa shape index (κ3) is 3.11. The van der Waals surface area contributed by atoms with Crippen molar-refractivity contribution in [2.24, 2.45) is 0 Å². The second-order valence-electron chi connectivity index (χ2n) is 7.70. The average molecular weight is 413 g/mol. The maximum absolute atomic E-state index is 14.7. The van der Waals surface area contributed by atoms with Crippen LogP contribution in [0.2, 0.25) is 0 Å². The average Bonchev–Trinajstić information content (AvgIpc) is 3.37. The minimum atomic E-state index is -1.36. The molecule has 6 heteroatoms. The van der Waals surface area contributed by atoms with E-state index in [1.54, 1.807) is 47.4 Å². The topological polar surface area (TPSA) is 61.8 Å². The van der Waals surface area contributed by atoms with Crippen LogP contribution < -0.4 is 0 Å². The largest absolute Gasteiger partial charge is 0.379 e. The summed E-state index contributed by atoms with van der Waals surface area (Å²) in [5.41, 5.74) is 2.06. The smallest absolute Gasteiger partial charge is 0.133 e. The van der Waals surface area contributed by atoms with E-state index in [1.165, 1.54) is 18.2 Å². The number of benzene rings is 3. The second kappa shape index (κ2) is 7.15. The molecule has 152 valence electrons. The first-order chi connectivity index (χ1) is 15.0. The number of aromatic nitrogens is 2. The Bertz CT molecular complexity index is 1320. The van der Waals surface area contributed by atoms with Crippen molar-refractivity contribution in [3.63, 3.8) is 0 Å². The van der Waals surface area contributed by atoms with E-state index >= 15 is 0 Å². The molecular weight excluding hydrogens is 396 g/mol. The zero-order valence-electron chi connectivity index (χ0n) is 16.3. The van der Waals surface area contributed by atoms with Crippen molar-refractivity contribution in [3.8, 4) is 17.2 Å². The van der Waals surface area contributed by atoms with Gasteiger partial charge < -0.3 is 9.67 Å². The third-order valence-corrected chi connectivity index (χ3v) is 5.92. The molecule has 5 rings (SSSR count). The zero-order chi connectivity index (χ0) is 21.6. The molecule has 0 aliphatic carbocycles. The van der Waals surface area contributed by atoms with Crippen LogP contribution in [-0.4, -0.2) is 14.7 Å². The number of fused-ring (bicyclic) bond motifs is 1. The van der Waals surface area contributed by atoms with Crippen molar-refractivity contribution in [1.82, 2.24) is 9.55 Å². The quantitative estimate of drug-likeness (QED) is 0.518. The van der Waals surface area contributed by atoms with E-state index in [-0.39, 0.29) is 17.8 Å². The third-order valence-electron chi connectivity index (χ3n) is 5.92. The summed E-state index contributed by atoms with van der Waals surface area (Å²) in [6, 6.07) is 19.4. The summed E-state index contributed by atoms with van der Waals surface area (Å²) >= 11 is 0. The molecule has 4 aromatic rings. The first-order valence-electron chi connectivity index (χ1n) is 9.80. The molecule has 0 bridgehead atoms. The van der Waals surface area contributed by atoms with Gasteiger partial charge in [-0.05, 0) is 41.0 Å². The summed E-state index contributed by atoms with van der Waals surface area (Å²) in [5, 5.41) is 20.6. The summed E-state index contributed by atoms with van der Waals surface area (Å²) in [6.07, 6.45) is 3.39. The lowest BCUT2D eigenvalue weighted by Gasteiger charge is -2.23. The van der Waals surface area contributed by atoms with Gasteiger partial charge in [-0.2, -0.15) is 5.26 Å². The lowest BCUT2D eigenvalue weighted by atomic mass is 9.86. The molecule has 1 aromatic heterocycles. The van der Waals surface area contributed by atoms with E-state index in [9.17, 15) is 13.9 Å². The number of imidazole rings is 1. The van der Waals surface area contributed by atoms with Crippen LogP contribution in [0.5, 0.6) is 0 Å². The van der Waals surface area contributed by atoms with Gasteiger partial charge in [0.25, 0.3) is 0 Å². The lowest BCUT2D eigenvalue weighted by Crippen LogP contribution is -2.24. The molecule has 0 unspecified atom stereocenters. The van der Waals surface area contributed by atoms with Crippen LogP contribution in [0, 0.1) is 23.0 Å². The Balaban J connectivity index is 1.53. The van der Waals surface area contributed by atoms with Crippen molar-refractivity contribution in [3.05, 3.63) is 113 Å². The minimum absolute atomic E-state index is 0.229. The number of hydrogen-bond acceptors (Lipinski definition) is 3. The van der Waals surface area contributed by atoms with Gasteiger partial charge >= 0.3 is 0 Å². The number of hydrogen-bond donors (Lipinski definition) is 1. The van der Waals surface area contributed by atoms with Crippen molar-refractivity contribution in [2.45, 2.75) is 18.1 Å². The Kier molecular flexibility index (Phi) is 4.42. The molecule has 3 aromatic carbocycles. The fourth-order valence-electron chi connectivity index (χ4n) is 4.35. The van der Waals surface area contributed by atoms with Gasteiger partial charge in [-0.3, -0.25) is 0 Å². The number of aliphatic hydroxyl groups is 1. The van der Waals surface area contributed by atoms with Gasteiger partial charge in [0.1, 0.15) is 17.2 Å². The minimum Gasteiger partial charge on any atom is -0.379 e. The highest BCUT2D eigenvalue weighted by Crippen LogP contribution is 2.47. The van der Waals surface area contributed by atoms with E-state index in [2.05, 4.69) is 4.98 Å². The van der Waals surface area contributed by atoms with Gasteiger partial charge in [0.2, 0.25) is 0 Å². The monoisotopic (exact) mass is 413 g/mol. The molecule has 0 amide bonds. The molecule has 0 fully saturated rings. The normalized spacial score (nSPS) is 19.7. The molecule has 0 saturated heterocycles. The van der Waals surface area contributed by atoms with E-state index in [0.29, 0.717) is 16.8 Å². The first kappa shape index (κ1) is 19.2. The molecule has 1 aliphatic rings. The van der Waals surface area contributed by atoms with Gasteiger partial charge in [-0.1, -0.05) is 42.5 Å². The van der Waals surface area contributed by atoms with Crippen LogP contribution in [0.3, 0.4) is 0 Å². The lowest BCUT2D eigenvalue weighted by molar-refractivity contribution is 0.0792. The van der Waals surface area contributed by atoms with Gasteiger partial charge in [-0.25, -0.2) is 13.8 Å². The maximum Gasteiger partial charge on any atom is 0.133 e. The SMILES string of the molecule is N#Cc1ccc([C@H]2C[C@](O)(c3ccc(-c4cccc(F)c4)cc3)c3cncn32)c(F)c1. The Hall–Kier alpha value is -3.82. The van der Waals surface area contributed by atoms with Gasteiger partial charge in [0, 0.05) is 12.0 Å². The Morgan fingerprint density at radius 1 is 1.03 bits per heavy atom. The molecule has 0 radical (unpaired) electrons. The predicted octanol–water partition coefficient (Wildman–Crippen LogP) is 4.93. The second-order valence-corrected chi connectivity index (χ2v) is 7.70. The van der Waals surface area contributed by atoms with Crippen LogP contribution in [0.4, 0.5) is 8.78 Å². The van der Waals surface area contributed by atoms with Gasteiger partial charge in [-0.15, -0.1) is 0 Å². The highest BCUT2D eigenvalue weighted by molar-refractivity contribution is 5.64. The molecule has 31 heavy (non-hydrogen) atoms. The fourth-order valence-corrected chi connectivity index (χ4v) is 4.35.